The summed E-state index contributed by atoms with van der Waals surface area (Å²) in [5.74, 6) is -1.15. The summed E-state index contributed by atoms with van der Waals surface area (Å²) >= 11 is 0. The number of hydrogen-bond donors (Lipinski definition) is 3. The summed E-state index contributed by atoms with van der Waals surface area (Å²) in [6.45, 7) is 0. The summed E-state index contributed by atoms with van der Waals surface area (Å²) in [5.41, 5.74) is -0.00384. The van der Waals surface area contributed by atoms with Gasteiger partial charge in [-0.1, -0.05) is 0 Å². The number of carboxylic acids is 1. The Balaban J connectivity index is 2.92. The fraction of sp³-hybridized carbons (Fsp3) is 0.300. The van der Waals surface area contributed by atoms with Crippen molar-refractivity contribution < 1.29 is 20.1 Å². The Morgan fingerprint density at radius 2 is 2.25 bits per heavy atom. The number of carboxylic acid groups (broad SMARTS) is 1. The lowest BCUT2D eigenvalue weighted by atomic mass is 10.1. The van der Waals surface area contributed by atoms with E-state index in [2.05, 4.69) is 4.98 Å². The first-order valence-corrected chi connectivity index (χ1v) is 4.48. The Labute approximate surface area is 91.4 Å². The number of pyridine rings is 1. The molecule has 84 valence electrons. The highest BCUT2D eigenvalue weighted by Crippen LogP contribution is 2.17. The molecule has 6 heteroatoms. The molecule has 0 amide bonds. The molecule has 2 atom stereocenters. The summed E-state index contributed by atoms with van der Waals surface area (Å²) in [7, 11) is 0. The van der Waals surface area contributed by atoms with E-state index in [1.807, 2.05) is 0 Å². The number of carbonyl (C=O) groups is 1. The molecule has 1 heterocycles. The van der Waals surface area contributed by atoms with Gasteiger partial charge < -0.3 is 15.3 Å². The summed E-state index contributed by atoms with van der Waals surface area (Å²) < 4.78 is 0. The van der Waals surface area contributed by atoms with Crippen molar-refractivity contribution in [3.05, 3.63) is 29.6 Å². The van der Waals surface area contributed by atoms with Crippen molar-refractivity contribution >= 4 is 5.97 Å². The van der Waals surface area contributed by atoms with E-state index in [9.17, 15) is 15.0 Å². The second-order valence-electron chi connectivity index (χ2n) is 3.15. The predicted molar refractivity (Wildman–Crippen MR) is 52.4 cm³/mol. The van der Waals surface area contributed by atoms with Crippen molar-refractivity contribution in [1.29, 1.82) is 5.26 Å². The minimum absolute atomic E-state index is 0.0302. The number of aliphatic hydroxyl groups excluding tert-OH is 2. The maximum absolute atomic E-state index is 10.6. The van der Waals surface area contributed by atoms with Crippen LogP contribution in [0.25, 0.3) is 0 Å². The molecule has 0 aromatic carbocycles. The topological polar surface area (TPSA) is 114 Å². The van der Waals surface area contributed by atoms with Crippen LogP contribution in [0, 0.1) is 11.3 Å². The van der Waals surface area contributed by atoms with Crippen LogP contribution in [0.1, 0.15) is 28.6 Å². The first-order valence-electron chi connectivity index (χ1n) is 4.48. The number of nitriles is 1. The Bertz CT molecular complexity index is 427. The van der Waals surface area contributed by atoms with Gasteiger partial charge >= 0.3 is 5.97 Å². The highest BCUT2D eigenvalue weighted by Gasteiger charge is 2.20. The second kappa shape index (κ2) is 5.21. The number of aliphatic hydroxyl groups is 2. The Morgan fingerprint density at radius 3 is 2.81 bits per heavy atom. The largest absolute Gasteiger partial charge is 0.478 e. The minimum Gasteiger partial charge on any atom is -0.478 e. The van der Waals surface area contributed by atoms with E-state index in [1.165, 1.54) is 12.3 Å². The molecule has 3 N–H and O–H groups in total. The van der Waals surface area contributed by atoms with Crippen molar-refractivity contribution in [2.75, 3.05) is 0 Å². The predicted octanol–water partition coefficient (Wildman–Crippen LogP) is 0.0878. The van der Waals surface area contributed by atoms with Gasteiger partial charge in [0.1, 0.15) is 6.10 Å². The first-order chi connectivity index (χ1) is 7.56. The molecule has 0 saturated carbocycles. The number of aromatic carboxylic acids is 1. The van der Waals surface area contributed by atoms with E-state index < -0.39 is 18.2 Å². The van der Waals surface area contributed by atoms with Gasteiger partial charge in [-0.2, -0.15) is 5.26 Å². The molecular formula is C10H10N2O4. The van der Waals surface area contributed by atoms with E-state index in [-0.39, 0.29) is 17.7 Å². The maximum Gasteiger partial charge on any atom is 0.335 e. The van der Waals surface area contributed by atoms with Crippen molar-refractivity contribution in [1.82, 2.24) is 4.98 Å². The van der Waals surface area contributed by atoms with Crippen LogP contribution in [-0.2, 0) is 0 Å². The second-order valence-corrected chi connectivity index (χ2v) is 3.15. The van der Waals surface area contributed by atoms with Crippen LogP contribution < -0.4 is 0 Å². The average molecular weight is 222 g/mol. The zero-order valence-corrected chi connectivity index (χ0v) is 8.24. The summed E-state index contributed by atoms with van der Waals surface area (Å²) in [6.07, 6.45) is -1.66. The molecule has 16 heavy (non-hydrogen) atoms. The third kappa shape index (κ3) is 2.76. The maximum atomic E-state index is 10.6. The molecule has 0 aliphatic heterocycles. The molecule has 1 rings (SSSR count). The van der Waals surface area contributed by atoms with Gasteiger partial charge in [0, 0.05) is 6.20 Å². The van der Waals surface area contributed by atoms with Gasteiger partial charge in [0.05, 0.1) is 29.9 Å². The third-order valence-electron chi connectivity index (χ3n) is 2.00. The quantitative estimate of drug-likeness (QED) is 0.665. The summed E-state index contributed by atoms with van der Waals surface area (Å²) in [4.78, 5) is 14.4. The van der Waals surface area contributed by atoms with E-state index >= 15 is 0 Å². The van der Waals surface area contributed by atoms with E-state index in [1.54, 1.807) is 6.07 Å². The monoisotopic (exact) mass is 222 g/mol. The van der Waals surface area contributed by atoms with Crippen LogP contribution in [0.5, 0.6) is 0 Å². The average Bonchev–Trinajstić information content (AvgIpc) is 2.28. The van der Waals surface area contributed by atoms with Crippen LogP contribution >= 0.6 is 0 Å². The fourth-order valence-corrected chi connectivity index (χ4v) is 1.15. The zero-order chi connectivity index (χ0) is 12.1. The third-order valence-corrected chi connectivity index (χ3v) is 2.00. The van der Waals surface area contributed by atoms with Crippen molar-refractivity contribution in [3.8, 4) is 6.07 Å². The molecule has 1 aromatic heterocycles. The van der Waals surface area contributed by atoms with Gasteiger partial charge in [0.15, 0.2) is 0 Å². The molecule has 0 spiro atoms. The molecule has 0 aliphatic carbocycles. The van der Waals surface area contributed by atoms with Gasteiger partial charge in [-0.25, -0.2) is 4.79 Å². The molecule has 0 radical (unpaired) electrons. The molecule has 2 unspecified atom stereocenters. The van der Waals surface area contributed by atoms with E-state index in [0.717, 1.165) is 6.07 Å². The fourth-order valence-electron chi connectivity index (χ4n) is 1.15. The van der Waals surface area contributed by atoms with Crippen LogP contribution in [0.3, 0.4) is 0 Å². The lowest BCUT2D eigenvalue weighted by molar-refractivity contribution is 0.0189. The number of nitrogens with zero attached hydrogens (tertiary/aromatic N) is 2. The van der Waals surface area contributed by atoms with Gasteiger partial charge in [-0.05, 0) is 12.1 Å². The lowest BCUT2D eigenvalue weighted by Crippen LogP contribution is -2.19. The molecule has 1 aromatic rings. The van der Waals surface area contributed by atoms with E-state index in [0.29, 0.717) is 0 Å². The first kappa shape index (κ1) is 12.1. The van der Waals surface area contributed by atoms with Crippen LogP contribution in [0.15, 0.2) is 18.3 Å². The molecule has 0 aliphatic rings. The highest BCUT2D eigenvalue weighted by molar-refractivity contribution is 5.87. The Hall–Kier alpha value is -1.97. The summed E-state index contributed by atoms with van der Waals surface area (Å²) in [5, 5.41) is 36.0. The number of rotatable bonds is 4. The number of aromatic nitrogens is 1. The SMILES string of the molecule is N#CCC(O)C(O)c1cc(C(=O)O)ccn1. The van der Waals surface area contributed by atoms with E-state index in [4.69, 9.17) is 10.4 Å². The standard InChI is InChI=1S/C10H10N2O4/c11-3-1-8(13)9(14)7-5-6(10(15)16)2-4-12-7/h2,4-5,8-9,13-14H,1H2,(H,15,16). The molecule has 6 nitrogen and oxygen atoms in total. The molecule has 0 bridgehead atoms. The van der Waals surface area contributed by atoms with Crippen molar-refractivity contribution in [3.63, 3.8) is 0 Å². The lowest BCUT2D eigenvalue weighted by Gasteiger charge is -2.14. The molecular weight excluding hydrogens is 212 g/mol. The van der Waals surface area contributed by atoms with Gasteiger partial charge in [0.25, 0.3) is 0 Å². The Kier molecular flexibility index (Phi) is 3.94. The van der Waals surface area contributed by atoms with Crippen LogP contribution in [0.4, 0.5) is 0 Å². The van der Waals surface area contributed by atoms with Gasteiger partial charge in [-0.15, -0.1) is 0 Å². The minimum atomic E-state index is -1.36. The number of hydrogen-bond acceptors (Lipinski definition) is 5. The van der Waals surface area contributed by atoms with Crippen LogP contribution in [-0.4, -0.2) is 32.4 Å². The van der Waals surface area contributed by atoms with Crippen molar-refractivity contribution in [2.45, 2.75) is 18.6 Å². The van der Waals surface area contributed by atoms with Gasteiger partial charge in [0.2, 0.25) is 0 Å². The summed E-state index contributed by atoms with van der Waals surface area (Å²) in [6, 6.07) is 4.13. The molecule has 0 saturated heterocycles. The highest BCUT2D eigenvalue weighted by atomic mass is 16.4. The Morgan fingerprint density at radius 1 is 1.56 bits per heavy atom. The smallest absolute Gasteiger partial charge is 0.335 e. The van der Waals surface area contributed by atoms with Gasteiger partial charge in [-0.3, -0.25) is 4.98 Å². The van der Waals surface area contributed by atoms with Crippen LogP contribution in [0.2, 0.25) is 0 Å². The zero-order valence-electron chi connectivity index (χ0n) is 8.24. The molecule has 0 fully saturated rings. The normalized spacial score (nSPS) is 13.8. The van der Waals surface area contributed by atoms with Crippen molar-refractivity contribution in [2.24, 2.45) is 0 Å².